The van der Waals surface area contributed by atoms with E-state index in [-0.39, 0.29) is 5.60 Å². The Morgan fingerprint density at radius 1 is 1.53 bits per heavy atom. The van der Waals surface area contributed by atoms with Crippen molar-refractivity contribution in [1.82, 2.24) is 4.90 Å². The maximum atomic E-state index is 11.5. The summed E-state index contributed by atoms with van der Waals surface area (Å²) < 4.78 is 5.39. The second kappa shape index (κ2) is 5.36. The van der Waals surface area contributed by atoms with Crippen LogP contribution < -0.4 is 0 Å². The van der Waals surface area contributed by atoms with Gasteiger partial charge in [0.25, 0.3) is 0 Å². The van der Waals surface area contributed by atoms with Crippen LogP contribution in [0.25, 0.3) is 0 Å². The molecule has 0 aromatic carbocycles. The molecule has 1 N–H and O–H groups in total. The molecule has 1 saturated heterocycles. The largest absolute Gasteiger partial charge is 0.480 e. The SMILES string of the molecule is CCC1(C(=O)O)CCCN1CCC(C)(C)OC. The first-order chi connectivity index (χ1) is 7.88. The van der Waals surface area contributed by atoms with Gasteiger partial charge in [0, 0.05) is 13.7 Å². The maximum absolute atomic E-state index is 11.5. The van der Waals surface area contributed by atoms with E-state index < -0.39 is 11.5 Å². The highest BCUT2D eigenvalue weighted by Crippen LogP contribution is 2.33. The summed E-state index contributed by atoms with van der Waals surface area (Å²) in [6.07, 6.45) is 3.29. The number of nitrogens with zero attached hydrogens (tertiary/aromatic N) is 1. The number of aliphatic carboxylic acids is 1. The summed E-state index contributed by atoms with van der Waals surface area (Å²) in [6.45, 7) is 7.73. The van der Waals surface area contributed by atoms with E-state index in [9.17, 15) is 9.90 Å². The van der Waals surface area contributed by atoms with Gasteiger partial charge >= 0.3 is 5.97 Å². The highest BCUT2D eigenvalue weighted by atomic mass is 16.5. The molecule has 4 heteroatoms. The number of carboxylic acid groups (broad SMARTS) is 1. The Morgan fingerprint density at radius 2 is 2.18 bits per heavy atom. The molecule has 0 saturated carbocycles. The van der Waals surface area contributed by atoms with E-state index in [0.717, 1.165) is 32.4 Å². The third kappa shape index (κ3) is 2.99. The molecule has 1 fully saturated rings. The summed E-state index contributed by atoms with van der Waals surface area (Å²) in [5.41, 5.74) is -0.815. The lowest BCUT2D eigenvalue weighted by atomic mass is 9.92. The molecule has 100 valence electrons. The zero-order valence-electron chi connectivity index (χ0n) is 11.5. The molecule has 0 spiro atoms. The number of carboxylic acids is 1. The second-order valence-electron chi connectivity index (χ2n) is 5.49. The minimum atomic E-state index is -0.673. The predicted molar refractivity (Wildman–Crippen MR) is 67.2 cm³/mol. The van der Waals surface area contributed by atoms with E-state index in [1.54, 1.807) is 7.11 Å². The number of methoxy groups -OCH3 is 1. The lowest BCUT2D eigenvalue weighted by Crippen LogP contribution is -2.51. The first-order valence-corrected chi connectivity index (χ1v) is 6.41. The molecule has 1 rings (SSSR count). The summed E-state index contributed by atoms with van der Waals surface area (Å²) >= 11 is 0. The zero-order valence-corrected chi connectivity index (χ0v) is 11.5. The fraction of sp³-hybridized carbons (Fsp3) is 0.923. The van der Waals surface area contributed by atoms with Crippen molar-refractivity contribution in [2.24, 2.45) is 0 Å². The Hall–Kier alpha value is -0.610. The van der Waals surface area contributed by atoms with Crippen molar-refractivity contribution in [2.75, 3.05) is 20.2 Å². The molecular weight excluding hydrogens is 218 g/mol. The molecule has 1 heterocycles. The maximum Gasteiger partial charge on any atom is 0.324 e. The van der Waals surface area contributed by atoms with Crippen molar-refractivity contribution in [3.05, 3.63) is 0 Å². The Morgan fingerprint density at radius 3 is 2.65 bits per heavy atom. The molecule has 0 aromatic heterocycles. The fourth-order valence-electron chi connectivity index (χ4n) is 2.56. The summed E-state index contributed by atoms with van der Waals surface area (Å²) in [7, 11) is 1.70. The number of ether oxygens (including phenoxy) is 1. The quantitative estimate of drug-likeness (QED) is 0.776. The number of rotatable bonds is 6. The van der Waals surface area contributed by atoms with Crippen molar-refractivity contribution < 1.29 is 14.6 Å². The molecule has 0 bridgehead atoms. The zero-order chi connectivity index (χ0) is 13.1. The Kier molecular flexibility index (Phi) is 4.55. The lowest BCUT2D eigenvalue weighted by Gasteiger charge is -2.36. The first kappa shape index (κ1) is 14.5. The number of hydrogen-bond acceptors (Lipinski definition) is 3. The average molecular weight is 243 g/mol. The van der Waals surface area contributed by atoms with Crippen molar-refractivity contribution >= 4 is 5.97 Å². The summed E-state index contributed by atoms with van der Waals surface area (Å²) in [4.78, 5) is 13.6. The first-order valence-electron chi connectivity index (χ1n) is 6.41. The third-order valence-electron chi connectivity index (χ3n) is 4.14. The molecule has 1 atom stereocenters. The molecule has 0 amide bonds. The van der Waals surface area contributed by atoms with Gasteiger partial charge in [-0.1, -0.05) is 6.92 Å². The topological polar surface area (TPSA) is 49.8 Å². The van der Waals surface area contributed by atoms with Crippen molar-refractivity contribution in [3.8, 4) is 0 Å². The molecule has 1 aliphatic rings. The van der Waals surface area contributed by atoms with Crippen LogP contribution in [0.5, 0.6) is 0 Å². The standard InChI is InChI=1S/C13H25NO3/c1-5-13(11(15)16)7-6-9-14(13)10-8-12(2,3)17-4/h5-10H2,1-4H3,(H,15,16). The molecule has 1 aliphatic heterocycles. The smallest absolute Gasteiger partial charge is 0.324 e. The van der Waals surface area contributed by atoms with Gasteiger partial charge in [-0.05, 0) is 46.1 Å². The van der Waals surface area contributed by atoms with Gasteiger partial charge in [0.1, 0.15) is 5.54 Å². The van der Waals surface area contributed by atoms with Crippen molar-refractivity contribution in [3.63, 3.8) is 0 Å². The van der Waals surface area contributed by atoms with Gasteiger partial charge in [-0.15, -0.1) is 0 Å². The van der Waals surface area contributed by atoms with Gasteiger partial charge in [-0.3, -0.25) is 9.69 Å². The molecule has 4 nitrogen and oxygen atoms in total. The molecule has 0 aromatic rings. The second-order valence-corrected chi connectivity index (χ2v) is 5.49. The Labute approximate surface area is 104 Å². The van der Waals surface area contributed by atoms with Crippen LogP contribution >= 0.6 is 0 Å². The van der Waals surface area contributed by atoms with Crippen LogP contribution in [0.1, 0.15) is 46.5 Å². The van der Waals surface area contributed by atoms with E-state index in [1.165, 1.54) is 0 Å². The molecule has 1 unspecified atom stereocenters. The van der Waals surface area contributed by atoms with Gasteiger partial charge in [-0.25, -0.2) is 0 Å². The van der Waals surface area contributed by atoms with Crippen LogP contribution in [0, 0.1) is 0 Å². The van der Waals surface area contributed by atoms with Gasteiger partial charge in [-0.2, -0.15) is 0 Å². The normalized spacial score (nSPS) is 26.4. The molecule has 0 radical (unpaired) electrons. The van der Waals surface area contributed by atoms with Gasteiger partial charge in [0.15, 0.2) is 0 Å². The minimum absolute atomic E-state index is 0.180. The van der Waals surface area contributed by atoms with E-state index >= 15 is 0 Å². The van der Waals surface area contributed by atoms with Crippen LogP contribution in [0.15, 0.2) is 0 Å². The van der Waals surface area contributed by atoms with Gasteiger partial charge < -0.3 is 9.84 Å². The van der Waals surface area contributed by atoms with Crippen LogP contribution in [-0.2, 0) is 9.53 Å². The number of likely N-dealkylation sites (tertiary alicyclic amines) is 1. The Bertz CT molecular complexity index is 278. The van der Waals surface area contributed by atoms with Crippen molar-refractivity contribution in [2.45, 2.75) is 57.6 Å². The summed E-state index contributed by atoms with van der Waals surface area (Å²) in [5.74, 6) is -0.673. The monoisotopic (exact) mass is 243 g/mol. The third-order valence-corrected chi connectivity index (χ3v) is 4.14. The molecule has 17 heavy (non-hydrogen) atoms. The van der Waals surface area contributed by atoms with Crippen LogP contribution in [0.4, 0.5) is 0 Å². The van der Waals surface area contributed by atoms with E-state index in [2.05, 4.69) is 4.90 Å². The summed E-state index contributed by atoms with van der Waals surface area (Å²) in [5, 5.41) is 9.45. The molecular formula is C13H25NO3. The lowest BCUT2D eigenvalue weighted by molar-refractivity contribution is -0.150. The van der Waals surface area contributed by atoms with Gasteiger partial charge in [0.05, 0.1) is 5.60 Å². The highest BCUT2D eigenvalue weighted by Gasteiger charge is 2.46. The average Bonchev–Trinajstić information content (AvgIpc) is 2.70. The minimum Gasteiger partial charge on any atom is -0.480 e. The fourth-order valence-corrected chi connectivity index (χ4v) is 2.56. The highest BCUT2D eigenvalue weighted by molar-refractivity contribution is 5.79. The van der Waals surface area contributed by atoms with Gasteiger partial charge in [0.2, 0.25) is 0 Å². The summed E-state index contributed by atoms with van der Waals surface area (Å²) in [6, 6.07) is 0. The van der Waals surface area contributed by atoms with Crippen molar-refractivity contribution in [1.29, 1.82) is 0 Å². The molecule has 0 aliphatic carbocycles. The Balaban J connectivity index is 2.67. The van der Waals surface area contributed by atoms with E-state index in [0.29, 0.717) is 6.42 Å². The number of carbonyl (C=O) groups is 1. The number of hydrogen-bond donors (Lipinski definition) is 1. The van der Waals surface area contributed by atoms with Crippen LogP contribution in [0.2, 0.25) is 0 Å². The van der Waals surface area contributed by atoms with E-state index in [1.807, 2.05) is 20.8 Å². The van der Waals surface area contributed by atoms with E-state index in [4.69, 9.17) is 4.74 Å². The predicted octanol–water partition coefficient (Wildman–Crippen LogP) is 2.13. The van der Waals surface area contributed by atoms with Crippen LogP contribution in [-0.4, -0.2) is 47.3 Å². The van der Waals surface area contributed by atoms with Crippen LogP contribution in [0.3, 0.4) is 0 Å².